The number of rotatable bonds is 3. The summed E-state index contributed by atoms with van der Waals surface area (Å²) in [5.41, 5.74) is 7.40. The fourth-order valence-corrected chi connectivity index (χ4v) is 2.22. The summed E-state index contributed by atoms with van der Waals surface area (Å²) in [7, 11) is 0. The number of benzene rings is 1. The van der Waals surface area contributed by atoms with Crippen molar-refractivity contribution in [2.45, 2.75) is 19.4 Å². The topological polar surface area (TPSA) is 38.5 Å². The van der Waals surface area contributed by atoms with Gasteiger partial charge in [-0.3, -0.25) is 0 Å². The van der Waals surface area contributed by atoms with Gasteiger partial charge in [0.25, 0.3) is 0 Å². The standard InChI is InChI=1S/C13H19FN2O/c1-10-9-17-5-4-16(10)13-7-11(2-3-15)6-12(14)8-13/h6-8,10H,2-5,9,15H2,1H3. The molecule has 1 fully saturated rings. The quantitative estimate of drug-likeness (QED) is 0.868. The number of halogens is 1. The van der Waals surface area contributed by atoms with E-state index in [1.165, 1.54) is 0 Å². The Morgan fingerprint density at radius 1 is 1.47 bits per heavy atom. The highest BCUT2D eigenvalue weighted by Gasteiger charge is 2.19. The van der Waals surface area contributed by atoms with Crippen molar-refractivity contribution in [3.05, 3.63) is 29.6 Å². The Balaban J connectivity index is 2.24. The first-order chi connectivity index (χ1) is 8.20. The third-order valence-electron chi connectivity index (χ3n) is 3.07. The van der Waals surface area contributed by atoms with Crippen LogP contribution >= 0.6 is 0 Å². The van der Waals surface area contributed by atoms with Crippen LogP contribution in [0.2, 0.25) is 0 Å². The van der Waals surface area contributed by atoms with Gasteiger partial charge in [-0.25, -0.2) is 4.39 Å². The van der Waals surface area contributed by atoms with Gasteiger partial charge in [-0.15, -0.1) is 0 Å². The van der Waals surface area contributed by atoms with Crippen molar-refractivity contribution in [1.29, 1.82) is 0 Å². The lowest BCUT2D eigenvalue weighted by atomic mass is 10.1. The number of morpholine rings is 1. The van der Waals surface area contributed by atoms with Crippen LogP contribution in [0.15, 0.2) is 18.2 Å². The van der Waals surface area contributed by atoms with E-state index in [2.05, 4.69) is 11.8 Å². The van der Waals surface area contributed by atoms with E-state index in [4.69, 9.17) is 10.5 Å². The summed E-state index contributed by atoms with van der Waals surface area (Å²) in [5, 5.41) is 0. The van der Waals surface area contributed by atoms with E-state index in [0.29, 0.717) is 26.2 Å². The van der Waals surface area contributed by atoms with Crippen LogP contribution in [0.3, 0.4) is 0 Å². The van der Waals surface area contributed by atoms with Gasteiger partial charge in [-0.1, -0.05) is 0 Å². The summed E-state index contributed by atoms with van der Waals surface area (Å²) in [4.78, 5) is 2.19. The van der Waals surface area contributed by atoms with E-state index in [1.54, 1.807) is 12.1 Å². The normalized spacial score (nSPS) is 20.6. The highest BCUT2D eigenvalue weighted by molar-refractivity contribution is 5.50. The molecule has 94 valence electrons. The van der Waals surface area contributed by atoms with Gasteiger partial charge in [0, 0.05) is 18.3 Å². The molecule has 1 aliphatic heterocycles. The van der Waals surface area contributed by atoms with Gasteiger partial charge in [0.15, 0.2) is 0 Å². The molecule has 0 saturated carbocycles. The largest absolute Gasteiger partial charge is 0.377 e. The Morgan fingerprint density at radius 3 is 3.00 bits per heavy atom. The van der Waals surface area contributed by atoms with E-state index in [-0.39, 0.29) is 11.9 Å². The number of hydrogen-bond donors (Lipinski definition) is 1. The molecule has 0 radical (unpaired) electrons. The summed E-state index contributed by atoms with van der Waals surface area (Å²) < 4.78 is 18.9. The van der Waals surface area contributed by atoms with Gasteiger partial charge in [-0.05, 0) is 43.7 Å². The summed E-state index contributed by atoms with van der Waals surface area (Å²) in [6, 6.07) is 5.46. The lowest BCUT2D eigenvalue weighted by Gasteiger charge is -2.35. The van der Waals surface area contributed by atoms with Crippen molar-refractivity contribution >= 4 is 5.69 Å². The zero-order chi connectivity index (χ0) is 12.3. The van der Waals surface area contributed by atoms with E-state index in [0.717, 1.165) is 17.8 Å². The first-order valence-corrected chi connectivity index (χ1v) is 6.04. The minimum Gasteiger partial charge on any atom is -0.377 e. The van der Waals surface area contributed by atoms with Gasteiger partial charge in [-0.2, -0.15) is 0 Å². The van der Waals surface area contributed by atoms with Gasteiger partial charge >= 0.3 is 0 Å². The lowest BCUT2D eigenvalue weighted by Crippen LogP contribution is -2.43. The van der Waals surface area contributed by atoms with Crippen molar-refractivity contribution in [2.24, 2.45) is 5.73 Å². The first-order valence-electron chi connectivity index (χ1n) is 6.04. The molecule has 0 amide bonds. The van der Waals surface area contributed by atoms with Crippen LogP contribution in [0, 0.1) is 5.82 Å². The maximum Gasteiger partial charge on any atom is 0.125 e. The Hall–Kier alpha value is -1.13. The fourth-order valence-electron chi connectivity index (χ4n) is 2.22. The number of hydrogen-bond acceptors (Lipinski definition) is 3. The molecule has 0 aliphatic carbocycles. The Bertz CT molecular complexity index is 384. The van der Waals surface area contributed by atoms with Crippen LogP contribution in [-0.2, 0) is 11.2 Å². The molecule has 4 heteroatoms. The average Bonchev–Trinajstić information content (AvgIpc) is 2.29. The van der Waals surface area contributed by atoms with Crippen molar-refractivity contribution in [3.8, 4) is 0 Å². The molecule has 1 atom stereocenters. The van der Waals surface area contributed by atoms with Gasteiger partial charge in [0.05, 0.1) is 13.2 Å². The van der Waals surface area contributed by atoms with Crippen LogP contribution in [0.4, 0.5) is 10.1 Å². The molecule has 0 aromatic heterocycles. The number of nitrogens with zero attached hydrogens (tertiary/aromatic N) is 1. The SMILES string of the molecule is CC1COCCN1c1cc(F)cc(CCN)c1. The molecule has 1 unspecified atom stereocenters. The summed E-state index contributed by atoms with van der Waals surface area (Å²) in [6.07, 6.45) is 0.712. The third-order valence-corrected chi connectivity index (χ3v) is 3.07. The highest BCUT2D eigenvalue weighted by Crippen LogP contribution is 2.22. The molecular weight excluding hydrogens is 219 g/mol. The monoisotopic (exact) mass is 238 g/mol. The predicted octanol–water partition coefficient (Wildman–Crippen LogP) is 1.55. The minimum absolute atomic E-state index is 0.190. The second-order valence-corrected chi connectivity index (χ2v) is 4.47. The summed E-state index contributed by atoms with van der Waals surface area (Å²) >= 11 is 0. The molecule has 2 rings (SSSR count). The van der Waals surface area contributed by atoms with Gasteiger partial charge in [0.1, 0.15) is 5.82 Å². The molecular formula is C13H19FN2O. The number of nitrogens with two attached hydrogens (primary N) is 1. The van der Waals surface area contributed by atoms with E-state index in [1.807, 2.05) is 6.07 Å². The molecule has 1 aromatic rings. The minimum atomic E-state index is -0.190. The molecule has 2 N–H and O–H groups in total. The zero-order valence-corrected chi connectivity index (χ0v) is 10.2. The van der Waals surface area contributed by atoms with Crippen LogP contribution in [0.1, 0.15) is 12.5 Å². The predicted molar refractivity (Wildman–Crippen MR) is 66.8 cm³/mol. The highest BCUT2D eigenvalue weighted by atomic mass is 19.1. The van der Waals surface area contributed by atoms with Gasteiger partial charge < -0.3 is 15.4 Å². The molecule has 0 spiro atoms. The molecule has 1 heterocycles. The first kappa shape index (κ1) is 12.3. The van der Waals surface area contributed by atoms with E-state index < -0.39 is 0 Å². The van der Waals surface area contributed by atoms with E-state index >= 15 is 0 Å². The second kappa shape index (κ2) is 5.47. The van der Waals surface area contributed by atoms with Crippen LogP contribution in [0.5, 0.6) is 0 Å². The van der Waals surface area contributed by atoms with Crippen molar-refractivity contribution in [1.82, 2.24) is 0 Å². The molecule has 1 saturated heterocycles. The maximum atomic E-state index is 13.5. The smallest absolute Gasteiger partial charge is 0.125 e. The summed E-state index contributed by atoms with van der Waals surface area (Å²) in [5.74, 6) is -0.190. The van der Waals surface area contributed by atoms with Crippen molar-refractivity contribution in [3.63, 3.8) is 0 Å². The average molecular weight is 238 g/mol. The Morgan fingerprint density at radius 2 is 2.29 bits per heavy atom. The van der Waals surface area contributed by atoms with E-state index in [9.17, 15) is 4.39 Å². The lowest BCUT2D eigenvalue weighted by molar-refractivity contribution is 0.0989. The van der Waals surface area contributed by atoms with Crippen LogP contribution in [-0.4, -0.2) is 32.3 Å². The molecule has 0 bridgehead atoms. The third kappa shape index (κ3) is 2.96. The second-order valence-electron chi connectivity index (χ2n) is 4.47. The number of ether oxygens (including phenoxy) is 1. The van der Waals surface area contributed by atoms with Crippen LogP contribution in [0.25, 0.3) is 0 Å². The van der Waals surface area contributed by atoms with Crippen molar-refractivity contribution in [2.75, 3.05) is 31.2 Å². The number of anilines is 1. The summed E-state index contributed by atoms with van der Waals surface area (Å²) in [6.45, 7) is 4.84. The van der Waals surface area contributed by atoms with Crippen LogP contribution < -0.4 is 10.6 Å². The molecule has 17 heavy (non-hydrogen) atoms. The zero-order valence-electron chi connectivity index (χ0n) is 10.2. The Kier molecular flexibility index (Phi) is 3.97. The molecule has 3 nitrogen and oxygen atoms in total. The van der Waals surface area contributed by atoms with Crippen molar-refractivity contribution < 1.29 is 9.13 Å². The Labute approximate surface area is 101 Å². The molecule has 1 aromatic carbocycles. The fraction of sp³-hybridized carbons (Fsp3) is 0.538. The van der Waals surface area contributed by atoms with Gasteiger partial charge in [0.2, 0.25) is 0 Å². The molecule has 1 aliphatic rings. The maximum absolute atomic E-state index is 13.5.